The van der Waals surface area contributed by atoms with Crippen molar-refractivity contribution in [3.05, 3.63) is 47.5 Å². The molecule has 5 heteroatoms. The summed E-state index contributed by atoms with van der Waals surface area (Å²) in [5.41, 5.74) is 0.128. The van der Waals surface area contributed by atoms with Crippen LogP contribution >= 0.6 is 0 Å². The highest BCUT2D eigenvalue weighted by atomic mass is 19.4. The Morgan fingerprint density at radius 1 is 1.30 bits per heavy atom. The zero-order chi connectivity index (χ0) is 14.9. The van der Waals surface area contributed by atoms with Gasteiger partial charge in [0.2, 0.25) is 0 Å². The smallest absolute Gasteiger partial charge is 0.416 e. The molecule has 2 rings (SSSR count). The average Bonchev–Trinajstić information content (AvgIpc) is 2.37. The minimum absolute atomic E-state index is 0.0632. The predicted octanol–water partition coefficient (Wildman–Crippen LogP) is 4.23. The molecule has 0 aromatic heterocycles. The van der Waals surface area contributed by atoms with E-state index in [1.807, 2.05) is 0 Å². The van der Waals surface area contributed by atoms with Gasteiger partial charge in [-0.2, -0.15) is 13.2 Å². The van der Waals surface area contributed by atoms with Gasteiger partial charge in [0.05, 0.1) is 11.5 Å². The lowest BCUT2D eigenvalue weighted by molar-refractivity contribution is -0.145. The van der Waals surface area contributed by atoms with E-state index in [9.17, 15) is 23.1 Å². The maximum atomic E-state index is 13.1. The predicted molar refractivity (Wildman–Crippen MR) is 68.3 cm³/mol. The third kappa shape index (κ3) is 2.86. The minimum atomic E-state index is -4.47. The number of aliphatic carboxylic acids is 1. The number of benzene rings is 1. The van der Waals surface area contributed by atoms with Crippen LogP contribution in [0, 0.1) is 5.92 Å². The van der Waals surface area contributed by atoms with Crippen molar-refractivity contribution < 1.29 is 23.1 Å². The molecule has 2 nitrogen and oxygen atoms in total. The zero-order valence-corrected chi connectivity index (χ0v) is 10.8. The van der Waals surface area contributed by atoms with Gasteiger partial charge >= 0.3 is 12.1 Å². The number of hydrogen-bond acceptors (Lipinski definition) is 1. The van der Waals surface area contributed by atoms with E-state index >= 15 is 0 Å². The molecule has 0 saturated heterocycles. The van der Waals surface area contributed by atoms with Crippen LogP contribution < -0.4 is 0 Å². The molecule has 0 bridgehead atoms. The number of carboxylic acids is 1. The summed E-state index contributed by atoms with van der Waals surface area (Å²) in [4.78, 5) is 11.3. The van der Waals surface area contributed by atoms with Crippen molar-refractivity contribution in [1.82, 2.24) is 0 Å². The van der Waals surface area contributed by atoms with Crippen LogP contribution in [0.3, 0.4) is 0 Å². The molecule has 1 aromatic carbocycles. The molecule has 0 amide bonds. The fraction of sp³-hybridized carbons (Fsp3) is 0.400. The summed E-state index contributed by atoms with van der Waals surface area (Å²) in [5.74, 6) is -2.49. The lowest BCUT2D eigenvalue weighted by Gasteiger charge is -2.32. The molecule has 1 fully saturated rings. The monoisotopic (exact) mass is 284 g/mol. The Bertz CT molecular complexity index is 534. The molecule has 108 valence electrons. The van der Waals surface area contributed by atoms with E-state index in [0.717, 1.165) is 11.6 Å². The van der Waals surface area contributed by atoms with Crippen molar-refractivity contribution in [1.29, 1.82) is 0 Å². The lowest BCUT2D eigenvalue weighted by atomic mass is 9.72. The Balaban J connectivity index is 2.47. The Labute approximate surface area is 114 Å². The maximum Gasteiger partial charge on any atom is 0.416 e. The minimum Gasteiger partial charge on any atom is -0.481 e. The number of halogens is 3. The third-order valence-electron chi connectivity index (χ3n) is 3.79. The molecule has 0 aliphatic heterocycles. The normalized spacial score (nSPS) is 23.6. The van der Waals surface area contributed by atoms with Gasteiger partial charge in [-0.3, -0.25) is 4.79 Å². The van der Waals surface area contributed by atoms with Crippen molar-refractivity contribution in [2.75, 3.05) is 0 Å². The number of rotatable bonds is 2. The summed E-state index contributed by atoms with van der Waals surface area (Å²) >= 11 is 0. The molecule has 0 heterocycles. The highest BCUT2D eigenvalue weighted by Crippen LogP contribution is 2.44. The molecule has 1 aliphatic rings. The summed E-state index contributed by atoms with van der Waals surface area (Å²) in [6.45, 7) is 3.80. The number of allylic oxidation sites excluding steroid dienone is 1. The Kier molecular flexibility index (Phi) is 3.88. The highest BCUT2D eigenvalue weighted by Gasteiger charge is 2.40. The van der Waals surface area contributed by atoms with Crippen LogP contribution in [0.1, 0.15) is 36.3 Å². The van der Waals surface area contributed by atoms with Gasteiger partial charge in [0.15, 0.2) is 0 Å². The second-order valence-electron chi connectivity index (χ2n) is 5.13. The van der Waals surface area contributed by atoms with E-state index in [-0.39, 0.29) is 5.56 Å². The van der Waals surface area contributed by atoms with Gasteiger partial charge in [-0.1, -0.05) is 30.4 Å². The molecule has 20 heavy (non-hydrogen) atoms. The van der Waals surface area contributed by atoms with Gasteiger partial charge in [-0.15, -0.1) is 0 Å². The van der Waals surface area contributed by atoms with Crippen molar-refractivity contribution in [2.45, 2.75) is 31.4 Å². The molecule has 1 unspecified atom stereocenters. The Morgan fingerprint density at radius 2 is 1.95 bits per heavy atom. The maximum absolute atomic E-state index is 13.1. The van der Waals surface area contributed by atoms with Gasteiger partial charge in [-0.25, -0.2) is 0 Å². The fourth-order valence-corrected chi connectivity index (χ4v) is 2.82. The van der Waals surface area contributed by atoms with Gasteiger partial charge in [0.25, 0.3) is 0 Å². The highest BCUT2D eigenvalue weighted by molar-refractivity contribution is 5.72. The number of hydrogen-bond donors (Lipinski definition) is 1. The molecule has 1 saturated carbocycles. The lowest BCUT2D eigenvalue weighted by Crippen LogP contribution is -2.28. The average molecular weight is 284 g/mol. The molecule has 1 aromatic rings. The van der Waals surface area contributed by atoms with Crippen LogP contribution in [0.25, 0.3) is 0 Å². The van der Waals surface area contributed by atoms with Crippen LogP contribution in [-0.4, -0.2) is 11.1 Å². The molecular formula is C15H15F3O2. The van der Waals surface area contributed by atoms with Gasteiger partial charge in [0, 0.05) is 5.92 Å². The second-order valence-corrected chi connectivity index (χ2v) is 5.13. The molecular weight excluding hydrogens is 269 g/mol. The van der Waals surface area contributed by atoms with Crippen LogP contribution in [0.2, 0.25) is 0 Å². The topological polar surface area (TPSA) is 37.3 Å². The van der Waals surface area contributed by atoms with Crippen LogP contribution in [0.4, 0.5) is 13.2 Å². The molecule has 1 N–H and O–H groups in total. The summed E-state index contributed by atoms with van der Waals surface area (Å²) in [6.07, 6.45) is -3.28. The molecule has 0 radical (unpaired) electrons. The van der Waals surface area contributed by atoms with Crippen molar-refractivity contribution >= 4 is 5.97 Å². The number of carboxylic acid groups (broad SMARTS) is 1. The second kappa shape index (κ2) is 5.31. The van der Waals surface area contributed by atoms with Crippen LogP contribution in [0.15, 0.2) is 36.4 Å². The van der Waals surface area contributed by atoms with E-state index in [2.05, 4.69) is 6.58 Å². The van der Waals surface area contributed by atoms with E-state index < -0.39 is 29.5 Å². The van der Waals surface area contributed by atoms with E-state index in [1.54, 1.807) is 0 Å². The summed E-state index contributed by atoms with van der Waals surface area (Å²) in [6, 6.07) is 5.22. The van der Waals surface area contributed by atoms with Gasteiger partial charge in [0.1, 0.15) is 0 Å². The van der Waals surface area contributed by atoms with Crippen LogP contribution in [-0.2, 0) is 11.0 Å². The standard InChI is InChI=1S/C15H15F3O2/c1-9-6-7-11(14(19)20)12(8-9)10-4-2-3-5-13(10)15(16,17)18/h2-5,11-12H,1,6-8H2,(H,19,20)/t11-,12?/m1/s1. The largest absolute Gasteiger partial charge is 0.481 e. The van der Waals surface area contributed by atoms with E-state index in [1.165, 1.54) is 18.2 Å². The van der Waals surface area contributed by atoms with Crippen LogP contribution in [0.5, 0.6) is 0 Å². The Morgan fingerprint density at radius 3 is 2.55 bits per heavy atom. The SMILES string of the molecule is C=C1CC[C@@H](C(=O)O)C(c2ccccc2C(F)(F)F)C1. The summed E-state index contributed by atoms with van der Waals surface area (Å²) in [7, 11) is 0. The zero-order valence-electron chi connectivity index (χ0n) is 10.8. The number of carbonyl (C=O) groups is 1. The first-order valence-electron chi connectivity index (χ1n) is 6.36. The van der Waals surface area contributed by atoms with Crippen molar-refractivity contribution in [2.24, 2.45) is 5.92 Å². The first-order valence-corrected chi connectivity index (χ1v) is 6.36. The summed E-state index contributed by atoms with van der Waals surface area (Å²) in [5, 5.41) is 9.24. The van der Waals surface area contributed by atoms with Gasteiger partial charge < -0.3 is 5.11 Å². The number of alkyl halides is 3. The third-order valence-corrected chi connectivity index (χ3v) is 3.79. The first kappa shape index (κ1) is 14.6. The van der Waals surface area contributed by atoms with Gasteiger partial charge in [-0.05, 0) is 30.9 Å². The molecule has 1 aliphatic carbocycles. The fourth-order valence-electron chi connectivity index (χ4n) is 2.82. The quantitative estimate of drug-likeness (QED) is 0.825. The van der Waals surface area contributed by atoms with Crippen molar-refractivity contribution in [3.63, 3.8) is 0 Å². The molecule has 2 atom stereocenters. The summed E-state index contributed by atoms with van der Waals surface area (Å²) < 4.78 is 39.2. The van der Waals surface area contributed by atoms with E-state index in [4.69, 9.17) is 0 Å². The van der Waals surface area contributed by atoms with E-state index in [0.29, 0.717) is 19.3 Å². The Hall–Kier alpha value is -1.78. The first-order chi connectivity index (χ1) is 9.30. The molecule has 0 spiro atoms. The van der Waals surface area contributed by atoms with Crippen molar-refractivity contribution in [3.8, 4) is 0 Å².